The van der Waals surface area contributed by atoms with Gasteiger partial charge in [-0.1, -0.05) is 19.1 Å². The molecule has 0 bridgehead atoms. The van der Waals surface area contributed by atoms with E-state index in [-0.39, 0.29) is 5.91 Å². The van der Waals surface area contributed by atoms with Crippen molar-refractivity contribution in [3.8, 4) is 5.75 Å². The highest BCUT2D eigenvalue weighted by molar-refractivity contribution is 5.80. The zero-order valence-corrected chi connectivity index (χ0v) is 11.4. The number of hydrogen-bond donors (Lipinski definition) is 1. The summed E-state index contributed by atoms with van der Waals surface area (Å²) in [5, 5.41) is 9.66. The molecule has 0 saturated heterocycles. The third-order valence-electron chi connectivity index (χ3n) is 2.75. The molecule has 4 heteroatoms. The van der Waals surface area contributed by atoms with Gasteiger partial charge in [-0.25, -0.2) is 0 Å². The molecule has 100 valence electrons. The SMILES string of the molecule is CC[C@@H](O)c1ccc(OC(C)C(=O)N(C)C)cc1. The molecule has 0 radical (unpaired) electrons. The van der Waals surface area contributed by atoms with Crippen molar-refractivity contribution in [2.75, 3.05) is 14.1 Å². The highest BCUT2D eigenvalue weighted by Gasteiger charge is 2.16. The Hall–Kier alpha value is -1.55. The predicted molar refractivity (Wildman–Crippen MR) is 70.5 cm³/mol. The lowest BCUT2D eigenvalue weighted by atomic mass is 10.1. The largest absolute Gasteiger partial charge is 0.481 e. The predicted octanol–water partition coefficient (Wildman–Crippen LogP) is 1.99. The van der Waals surface area contributed by atoms with Gasteiger partial charge in [-0.3, -0.25) is 4.79 Å². The summed E-state index contributed by atoms with van der Waals surface area (Å²) in [7, 11) is 3.39. The molecule has 1 amide bonds. The Morgan fingerprint density at radius 3 is 2.33 bits per heavy atom. The van der Waals surface area contributed by atoms with Gasteiger partial charge < -0.3 is 14.7 Å². The zero-order chi connectivity index (χ0) is 13.7. The lowest BCUT2D eigenvalue weighted by Gasteiger charge is -2.18. The Morgan fingerprint density at radius 1 is 1.33 bits per heavy atom. The highest BCUT2D eigenvalue weighted by atomic mass is 16.5. The molecule has 0 aromatic heterocycles. The standard InChI is InChI=1S/C14H21NO3/c1-5-13(16)11-6-8-12(9-7-11)18-10(2)14(17)15(3)4/h6-10,13,16H,5H2,1-4H3/t10?,13-/m1/s1. The summed E-state index contributed by atoms with van der Waals surface area (Å²) in [4.78, 5) is 13.1. The van der Waals surface area contributed by atoms with Crippen LogP contribution in [0.2, 0.25) is 0 Å². The number of hydrogen-bond acceptors (Lipinski definition) is 3. The van der Waals surface area contributed by atoms with Crippen LogP contribution in [0, 0.1) is 0 Å². The minimum Gasteiger partial charge on any atom is -0.481 e. The van der Waals surface area contributed by atoms with Crippen molar-refractivity contribution in [2.45, 2.75) is 32.5 Å². The smallest absolute Gasteiger partial charge is 0.262 e. The lowest BCUT2D eigenvalue weighted by Crippen LogP contribution is -2.35. The average molecular weight is 251 g/mol. The number of aliphatic hydroxyl groups excluding tert-OH is 1. The van der Waals surface area contributed by atoms with Crippen molar-refractivity contribution in [3.63, 3.8) is 0 Å². The van der Waals surface area contributed by atoms with Crippen molar-refractivity contribution in [1.29, 1.82) is 0 Å². The van der Waals surface area contributed by atoms with Crippen LogP contribution in [0.4, 0.5) is 0 Å². The first-order valence-electron chi connectivity index (χ1n) is 6.11. The Bertz CT molecular complexity index is 387. The van der Waals surface area contributed by atoms with Gasteiger partial charge in [0.2, 0.25) is 0 Å². The molecule has 0 saturated carbocycles. The van der Waals surface area contributed by atoms with Crippen LogP contribution in [-0.2, 0) is 4.79 Å². The highest BCUT2D eigenvalue weighted by Crippen LogP contribution is 2.20. The topological polar surface area (TPSA) is 49.8 Å². The van der Waals surface area contributed by atoms with Gasteiger partial charge in [0.1, 0.15) is 5.75 Å². The summed E-state index contributed by atoms with van der Waals surface area (Å²) < 4.78 is 5.53. The van der Waals surface area contributed by atoms with Crippen molar-refractivity contribution < 1.29 is 14.6 Å². The fraction of sp³-hybridized carbons (Fsp3) is 0.500. The summed E-state index contributed by atoms with van der Waals surface area (Å²) in [6.45, 7) is 3.64. The minimum atomic E-state index is -0.512. The van der Waals surface area contributed by atoms with Crippen LogP contribution in [0.3, 0.4) is 0 Å². The van der Waals surface area contributed by atoms with E-state index < -0.39 is 12.2 Å². The lowest BCUT2D eigenvalue weighted by molar-refractivity contribution is -0.135. The second kappa shape index (κ2) is 6.40. The van der Waals surface area contributed by atoms with Gasteiger partial charge in [0.05, 0.1) is 6.10 Å². The summed E-state index contributed by atoms with van der Waals surface area (Å²) in [6, 6.07) is 7.17. The average Bonchev–Trinajstić information content (AvgIpc) is 2.37. The molecule has 1 aromatic carbocycles. The number of aliphatic hydroxyl groups is 1. The number of nitrogens with zero attached hydrogens (tertiary/aromatic N) is 1. The summed E-state index contributed by atoms with van der Waals surface area (Å²) in [5.74, 6) is 0.553. The van der Waals surface area contributed by atoms with Gasteiger partial charge >= 0.3 is 0 Å². The zero-order valence-electron chi connectivity index (χ0n) is 11.4. The molecule has 18 heavy (non-hydrogen) atoms. The number of ether oxygens (including phenoxy) is 1. The van der Waals surface area contributed by atoms with E-state index in [1.165, 1.54) is 4.90 Å². The van der Waals surface area contributed by atoms with Crippen LogP contribution in [0.15, 0.2) is 24.3 Å². The van der Waals surface area contributed by atoms with Gasteiger partial charge in [0.15, 0.2) is 6.10 Å². The first-order valence-corrected chi connectivity index (χ1v) is 6.11. The van der Waals surface area contributed by atoms with E-state index in [9.17, 15) is 9.90 Å². The third-order valence-corrected chi connectivity index (χ3v) is 2.75. The molecule has 4 nitrogen and oxygen atoms in total. The Labute approximate surface area is 108 Å². The fourth-order valence-electron chi connectivity index (χ4n) is 1.62. The first-order chi connectivity index (χ1) is 8.45. The maximum atomic E-state index is 11.6. The van der Waals surface area contributed by atoms with Crippen LogP contribution in [0.25, 0.3) is 0 Å². The van der Waals surface area contributed by atoms with E-state index in [2.05, 4.69) is 0 Å². The van der Waals surface area contributed by atoms with Crippen molar-refractivity contribution >= 4 is 5.91 Å². The maximum absolute atomic E-state index is 11.6. The van der Waals surface area contributed by atoms with Crippen molar-refractivity contribution in [1.82, 2.24) is 4.90 Å². The number of carbonyl (C=O) groups excluding carboxylic acids is 1. The van der Waals surface area contributed by atoms with Crippen LogP contribution < -0.4 is 4.74 Å². The van der Waals surface area contributed by atoms with Crippen LogP contribution in [-0.4, -0.2) is 36.1 Å². The van der Waals surface area contributed by atoms with Crippen molar-refractivity contribution in [3.05, 3.63) is 29.8 Å². The fourth-order valence-corrected chi connectivity index (χ4v) is 1.62. The molecule has 1 N–H and O–H groups in total. The second-order valence-corrected chi connectivity index (χ2v) is 4.49. The Kier molecular flexibility index (Phi) is 5.16. The molecule has 2 atom stereocenters. The minimum absolute atomic E-state index is 0.0762. The van der Waals surface area contributed by atoms with E-state index in [4.69, 9.17) is 4.74 Å². The van der Waals surface area contributed by atoms with Gasteiger partial charge in [-0.15, -0.1) is 0 Å². The molecule has 0 fully saturated rings. The van der Waals surface area contributed by atoms with Crippen LogP contribution in [0.1, 0.15) is 31.9 Å². The molecule has 0 aliphatic carbocycles. The molecular weight excluding hydrogens is 230 g/mol. The molecule has 0 heterocycles. The number of amides is 1. The van der Waals surface area contributed by atoms with Crippen molar-refractivity contribution in [2.24, 2.45) is 0 Å². The van der Waals surface area contributed by atoms with Gasteiger partial charge in [0, 0.05) is 14.1 Å². The molecule has 0 aliphatic rings. The van der Waals surface area contributed by atoms with E-state index >= 15 is 0 Å². The monoisotopic (exact) mass is 251 g/mol. The molecule has 0 aliphatic heterocycles. The summed E-state index contributed by atoms with van der Waals surface area (Å²) in [5.41, 5.74) is 0.858. The second-order valence-electron chi connectivity index (χ2n) is 4.49. The summed E-state index contributed by atoms with van der Waals surface area (Å²) >= 11 is 0. The molecule has 0 spiro atoms. The molecule has 1 rings (SSSR count). The Morgan fingerprint density at radius 2 is 1.89 bits per heavy atom. The normalized spacial score (nSPS) is 13.8. The first kappa shape index (κ1) is 14.5. The van der Waals surface area contributed by atoms with Gasteiger partial charge in [-0.05, 0) is 31.0 Å². The van der Waals surface area contributed by atoms with Crippen LogP contribution in [0.5, 0.6) is 5.75 Å². The Balaban J connectivity index is 2.66. The summed E-state index contributed by atoms with van der Waals surface area (Å²) in [6.07, 6.45) is -0.280. The van der Waals surface area contributed by atoms with E-state index in [0.29, 0.717) is 12.2 Å². The third kappa shape index (κ3) is 3.74. The quantitative estimate of drug-likeness (QED) is 0.870. The van der Waals surface area contributed by atoms with Gasteiger partial charge in [-0.2, -0.15) is 0 Å². The van der Waals surface area contributed by atoms with E-state index in [0.717, 1.165) is 5.56 Å². The van der Waals surface area contributed by atoms with E-state index in [1.54, 1.807) is 33.2 Å². The molecule has 1 aromatic rings. The number of benzene rings is 1. The molecule has 1 unspecified atom stereocenters. The number of rotatable bonds is 5. The van der Waals surface area contributed by atoms with Crippen LogP contribution >= 0.6 is 0 Å². The molecular formula is C14H21NO3. The van der Waals surface area contributed by atoms with E-state index in [1.807, 2.05) is 19.1 Å². The van der Waals surface area contributed by atoms with Gasteiger partial charge in [0.25, 0.3) is 5.91 Å². The maximum Gasteiger partial charge on any atom is 0.262 e. The number of carbonyl (C=O) groups is 1. The number of likely N-dealkylation sites (N-methyl/N-ethyl adjacent to an activating group) is 1.